The summed E-state index contributed by atoms with van der Waals surface area (Å²) in [6, 6.07) is 3.75. The molecule has 0 saturated heterocycles. The first-order chi connectivity index (χ1) is 9.22. The van der Waals surface area contributed by atoms with Crippen molar-refractivity contribution in [2.75, 3.05) is 18.5 Å². The molecule has 0 aliphatic heterocycles. The number of anilines is 1. The maximum Gasteiger partial charge on any atom is 0.229 e. The predicted octanol–water partition coefficient (Wildman–Crippen LogP) is 2.20. The number of pyridine rings is 1. The van der Waals surface area contributed by atoms with Gasteiger partial charge >= 0.3 is 0 Å². The number of nitrogens with zero attached hydrogens (tertiary/aromatic N) is 2. The summed E-state index contributed by atoms with van der Waals surface area (Å²) >= 11 is 0. The van der Waals surface area contributed by atoms with E-state index in [1.54, 1.807) is 17.3 Å². The Morgan fingerprint density at radius 3 is 2.53 bits per heavy atom. The molecule has 1 amide bonds. The molecule has 1 aliphatic carbocycles. The van der Waals surface area contributed by atoms with Crippen LogP contribution in [-0.4, -0.2) is 24.5 Å². The van der Waals surface area contributed by atoms with Gasteiger partial charge in [0.05, 0.1) is 0 Å². The molecule has 0 bridgehead atoms. The van der Waals surface area contributed by atoms with Gasteiger partial charge in [0.15, 0.2) is 0 Å². The summed E-state index contributed by atoms with van der Waals surface area (Å²) in [4.78, 5) is 18.2. The van der Waals surface area contributed by atoms with E-state index in [1.165, 1.54) is 0 Å². The lowest BCUT2D eigenvalue weighted by atomic mass is 9.80. The first kappa shape index (κ1) is 14.0. The molecule has 4 heteroatoms. The van der Waals surface area contributed by atoms with E-state index in [4.69, 9.17) is 5.73 Å². The van der Waals surface area contributed by atoms with Crippen molar-refractivity contribution in [2.24, 2.45) is 17.6 Å². The number of hydrogen-bond acceptors (Lipinski definition) is 3. The van der Waals surface area contributed by atoms with Crippen molar-refractivity contribution < 1.29 is 4.79 Å². The zero-order valence-electron chi connectivity index (χ0n) is 11.6. The largest absolute Gasteiger partial charge is 0.330 e. The van der Waals surface area contributed by atoms with Crippen LogP contribution < -0.4 is 10.6 Å². The molecule has 0 spiro atoms. The molecule has 0 unspecified atom stereocenters. The number of aromatic nitrogens is 1. The summed E-state index contributed by atoms with van der Waals surface area (Å²) in [5.74, 6) is 1.13. The number of amides is 1. The van der Waals surface area contributed by atoms with Crippen molar-refractivity contribution in [1.82, 2.24) is 4.98 Å². The maximum absolute atomic E-state index is 12.4. The van der Waals surface area contributed by atoms with Gasteiger partial charge in [-0.1, -0.05) is 0 Å². The fourth-order valence-corrected chi connectivity index (χ4v) is 2.90. The van der Waals surface area contributed by atoms with Crippen LogP contribution >= 0.6 is 0 Å². The number of carbonyl (C=O) groups excluding carboxylic acids is 1. The zero-order valence-corrected chi connectivity index (χ0v) is 11.6. The van der Waals surface area contributed by atoms with E-state index in [0.717, 1.165) is 50.3 Å². The monoisotopic (exact) mass is 261 g/mol. The van der Waals surface area contributed by atoms with Crippen LogP contribution in [0.1, 0.15) is 32.1 Å². The highest BCUT2D eigenvalue weighted by Crippen LogP contribution is 2.32. The molecule has 4 nitrogen and oxygen atoms in total. The Morgan fingerprint density at radius 2 is 1.95 bits per heavy atom. The third kappa shape index (κ3) is 3.53. The van der Waals surface area contributed by atoms with Crippen LogP contribution in [0.15, 0.2) is 24.5 Å². The number of hydrogen-bond donors (Lipinski definition) is 1. The van der Waals surface area contributed by atoms with Crippen molar-refractivity contribution in [3.63, 3.8) is 0 Å². The van der Waals surface area contributed by atoms with Crippen LogP contribution in [0, 0.1) is 11.8 Å². The van der Waals surface area contributed by atoms with Gasteiger partial charge in [0.25, 0.3) is 0 Å². The molecule has 1 heterocycles. The second-order valence-corrected chi connectivity index (χ2v) is 5.40. The first-order valence-corrected chi connectivity index (χ1v) is 7.10. The van der Waals surface area contributed by atoms with Crippen LogP contribution in [0.2, 0.25) is 0 Å². The van der Waals surface area contributed by atoms with E-state index >= 15 is 0 Å². The zero-order chi connectivity index (χ0) is 13.7. The minimum absolute atomic E-state index is 0.173. The summed E-state index contributed by atoms with van der Waals surface area (Å²) in [6.07, 6.45) is 8.81. The van der Waals surface area contributed by atoms with E-state index in [-0.39, 0.29) is 11.8 Å². The molecule has 104 valence electrons. The molecule has 0 atom stereocenters. The summed E-state index contributed by atoms with van der Waals surface area (Å²) in [5, 5.41) is 0. The van der Waals surface area contributed by atoms with E-state index in [0.29, 0.717) is 0 Å². The fraction of sp³-hybridized carbons (Fsp3) is 0.600. The first-order valence-electron chi connectivity index (χ1n) is 7.10. The Bertz CT molecular complexity index is 399. The summed E-state index contributed by atoms with van der Waals surface area (Å²) < 4.78 is 0. The van der Waals surface area contributed by atoms with Gasteiger partial charge < -0.3 is 10.6 Å². The third-order valence-electron chi connectivity index (χ3n) is 4.15. The molecular formula is C15H23N3O. The number of carbonyl (C=O) groups is 1. The predicted molar refractivity (Wildman–Crippen MR) is 76.8 cm³/mol. The lowest BCUT2D eigenvalue weighted by molar-refractivity contribution is -0.123. The van der Waals surface area contributed by atoms with Crippen molar-refractivity contribution >= 4 is 11.6 Å². The van der Waals surface area contributed by atoms with E-state index in [1.807, 2.05) is 19.2 Å². The van der Waals surface area contributed by atoms with E-state index < -0.39 is 0 Å². The van der Waals surface area contributed by atoms with Gasteiger partial charge in [-0.25, -0.2) is 0 Å². The van der Waals surface area contributed by atoms with Crippen LogP contribution in [0.4, 0.5) is 5.69 Å². The Kier molecular flexibility index (Phi) is 4.91. The summed E-state index contributed by atoms with van der Waals surface area (Å²) in [6.45, 7) is 0.764. The molecule has 0 aromatic carbocycles. The van der Waals surface area contributed by atoms with Gasteiger partial charge in [0.1, 0.15) is 0 Å². The van der Waals surface area contributed by atoms with E-state index in [2.05, 4.69) is 4.98 Å². The Labute approximate surface area is 115 Å². The average molecular weight is 261 g/mol. The molecule has 1 aromatic rings. The van der Waals surface area contributed by atoms with Crippen LogP contribution in [0.25, 0.3) is 0 Å². The molecule has 1 aromatic heterocycles. The minimum atomic E-state index is 0.173. The lowest BCUT2D eigenvalue weighted by Crippen LogP contribution is -2.35. The number of nitrogens with two attached hydrogens (primary N) is 1. The molecule has 1 fully saturated rings. The average Bonchev–Trinajstić information content (AvgIpc) is 2.48. The van der Waals surface area contributed by atoms with Crippen molar-refractivity contribution in [3.8, 4) is 0 Å². The molecule has 2 rings (SSSR count). The summed E-state index contributed by atoms with van der Waals surface area (Å²) in [5.41, 5.74) is 6.52. The van der Waals surface area contributed by atoms with Gasteiger partial charge in [0, 0.05) is 31.0 Å². The van der Waals surface area contributed by atoms with Crippen LogP contribution in [0.5, 0.6) is 0 Å². The fourth-order valence-electron chi connectivity index (χ4n) is 2.90. The highest BCUT2D eigenvalue weighted by molar-refractivity contribution is 5.94. The normalized spacial score (nSPS) is 23.1. The Morgan fingerprint density at radius 1 is 1.32 bits per heavy atom. The van der Waals surface area contributed by atoms with Crippen molar-refractivity contribution in [2.45, 2.75) is 32.1 Å². The van der Waals surface area contributed by atoms with Gasteiger partial charge in [-0.3, -0.25) is 9.78 Å². The minimum Gasteiger partial charge on any atom is -0.330 e. The summed E-state index contributed by atoms with van der Waals surface area (Å²) in [7, 11) is 1.85. The molecular weight excluding hydrogens is 238 g/mol. The Hall–Kier alpha value is -1.42. The second-order valence-electron chi connectivity index (χ2n) is 5.40. The third-order valence-corrected chi connectivity index (χ3v) is 4.15. The topological polar surface area (TPSA) is 59.2 Å². The molecule has 2 N–H and O–H groups in total. The highest BCUT2D eigenvalue weighted by atomic mass is 16.2. The standard InChI is InChI=1S/C15H23N3O/c1-18(14-7-10-17-11-8-14)15(19)13-4-2-12(3-5-13)6-9-16/h7-8,10-13H,2-6,9,16H2,1H3. The van der Waals surface area contributed by atoms with Gasteiger partial charge in [-0.05, 0) is 56.7 Å². The van der Waals surface area contributed by atoms with Gasteiger partial charge in [-0.15, -0.1) is 0 Å². The quantitative estimate of drug-likeness (QED) is 0.904. The van der Waals surface area contributed by atoms with Crippen LogP contribution in [-0.2, 0) is 4.79 Å². The SMILES string of the molecule is CN(C(=O)C1CCC(CCN)CC1)c1ccncc1. The van der Waals surface area contributed by atoms with Gasteiger partial charge in [-0.2, -0.15) is 0 Å². The molecule has 0 radical (unpaired) electrons. The molecule has 1 saturated carbocycles. The maximum atomic E-state index is 12.4. The Balaban J connectivity index is 1.91. The van der Waals surface area contributed by atoms with Crippen molar-refractivity contribution in [1.29, 1.82) is 0 Å². The van der Waals surface area contributed by atoms with Gasteiger partial charge in [0.2, 0.25) is 5.91 Å². The lowest BCUT2D eigenvalue weighted by Gasteiger charge is -2.30. The van der Waals surface area contributed by atoms with Crippen LogP contribution in [0.3, 0.4) is 0 Å². The molecule has 19 heavy (non-hydrogen) atoms. The molecule has 1 aliphatic rings. The number of rotatable bonds is 4. The smallest absolute Gasteiger partial charge is 0.229 e. The highest BCUT2D eigenvalue weighted by Gasteiger charge is 2.28. The van der Waals surface area contributed by atoms with E-state index in [9.17, 15) is 4.79 Å². The van der Waals surface area contributed by atoms with Crippen molar-refractivity contribution in [3.05, 3.63) is 24.5 Å². The second kappa shape index (κ2) is 6.66.